The number of rotatable bonds is 8. The van der Waals surface area contributed by atoms with E-state index in [1.165, 1.54) is 0 Å². The number of aryl methyl sites for hydroxylation is 1. The van der Waals surface area contributed by atoms with Crippen LogP contribution in [-0.4, -0.2) is 31.3 Å². The molecule has 3 rings (SSSR count). The summed E-state index contributed by atoms with van der Waals surface area (Å²) in [6, 6.07) is 15.1. The molecule has 1 aliphatic heterocycles. The topological polar surface area (TPSA) is 56.8 Å². The Balaban J connectivity index is 1.51. The zero-order chi connectivity index (χ0) is 19.1. The van der Waals surface area contributed by atoms with E-state index in [1.54, 1.807) is 0 Å². The Morgan fingerprint density at radius 1 is 1.15 bits per heavy atom. The molecule has 1 heterocycles. The fraction of sp³-hybridized carbons (Fsp3) is 0.409. The van der Waals surface area contributed by atoms with Crippen molar-refractivity contribution in [2.24, 2.45) is 0 Å². The predicted octanol–water partition coefficient (Wildman–Crippen LogP) is 4.35. The highest BCUT2D eigenvalue weighted by Gasteiger charge is 2.19. The first-order chi connectivity index (χ1) is 13.1. The summed E-state index contributed by atoms with van der Waals surface area (Å²) in [5, 5.41) is 2.90. The van der Waals surface area contributed by atoms with Crippen LogP contribution in [0.5, 0.6) is 11.5 Å². The van der Waals surface area contributed by atoms with Gasteiger partial charge in [-0.2, -0.15) is 0 Å². The molecule has 0 saturated carbocycles. The van der Waals surface area contributed by atoms with Gasteiger partial charge in [0.15, 0.2) is 6.10 Å². The van der Waals surface area contributed by atoms with Gasteiger partial charge < -0.3 is 19.5 Å². The Hall–Kier alpha value is -2.53. The summed E-state index contributed by atoms with van der Waals surface area (Å²) in [7, 11) is 0. The van der Waals surface area contributed by atoms with Gasteiger partial charge in [-0.1, -0.05) is 24.6 Å². The van der Waals surface area contributed by atoms with Crippen molar-refractivity contribution in [2.75, 3.05) is 18.5 Å². The zero-order valence-corrected chi connectivity index (χ0v) is 15.9. The zero-order valence-electron chi connectivity index (χ0n) is 15.9. The average Bonchev–Trinajstić information content (AvgIpc) is 3.20. The summed E-state index contributed by atoms with van der Waals surface area (Å²) in [4.78, 5) is 12.5. The van der Waals surface area contributed by atoms with Crippen molar-refractivity contribution in [2.45, 2.75) is 45.3 Å². The first kappa shape index (κ1) is 19.2. The van der Waals surface area contributed by atoms with Crippen molar-refractivity contribution in [3.63, 3.8) is 0 Å². The molecule has 0 spiro atoms. The monoisotopic (exact) mass is 369 g/mol. The van der Waals surface area contributed by atoms with Crippen LogP contribution in [0.1, 0.15) is 31.7 Å². The fourth-order valence-electron chi connectivity index (χ4n) is 2.93. The molecule has 2 unspecified atom stereocenters. The second-order valence-corrected chi connectivity index (χ2v) is 6.79. The van der Waals surface area contributed by atoms with Crippen LogP contribution in [0, 0.1) is 6.92 Å². The molecule has 0 aliphatic carbocycles. The van der Waals surface area contributed by atoms with Gasteiger partial charge >= 0.3 is 0 Å². The van der Waals surface area contributed by atoms with Gasteiger partial charge in [0.05, 0.1) is 6.10 Å². The maximum atomic E-state index is 12.5. The second kappa shape index (κ2) is 9.42. The van der Waals surface area contributed by atoms with Crippen LogP contribution in [0.2, 0.25) is 0 Å². The van der Waals surface area contributed by atoms with Gasteiger partial charge in [0.25, 0.3) is 5.91 Å². The predicted molar refractivity (Wildman–Crippen MR) is 105 cm³/mol. The molecule has 144 valence electrons. The van der Waals surface area contributed by atoms with Crippen molar-refractivity contribution < 1.29 is 19.0 Å². The molecule has 27 heavy (non-hydrogen) atoms. The van der Waals surface area contributed by atoms with Gasteiger partial charge in [-0.15, -0.1) is 0 Å². The van der Waals surface area contributed by atoms with Gasteiger partial charge in [-0.25, -0.2) is 0 Å². The van der Waals surface area contributed by atoms with Crippen LogP contribution in [0.15, 0.2) is 48.5 Å². The smallest absolute Gasteiger partial charge is 0.265 e. The first-order valence-electron chi connectivity index (χ1n) is 9.52. The van der Waals surface area contributed by atoms with Crippen molar-refractivity contribution >= 4 is 11.6 Å². The van der Waals surface area contributed by atoms with E-state index in [0.29, 0.717) is 18.8 Å². The third-order valence-corrected chi connectivity index (χ3v) is 4.54. The Bertz CT molecular complexity index is 721. The van der Waals surface area contributed by atoms with E-state index in [1.807, 2.05) is 62.4 Å². The highest BCUT2D eigenvalue weighted by atomic mass is 16.5. The number of hydrogen-bond acceptors (Lipinski definition) is 4. The van der Waals surface area contributed by atoms with Crippen molar-refractivity contribution in [1.29, 1.82) is 0 Å². The van der Waals surface area contributed by atoms with Gasteiger partial charge in [0.1, 0.15) is 18.1 Å². The molecular weight excluding hydrogens is 342 g/mol. The molecule has 0 radical (unpaired) electrons. The molecule has 1 fully saturated rings. The molecule has 2 atom stereocenters. The highest BCUT2D eigenvalue weighted by Crippen LogP contribution is 2.20. The Labute approximate surface area is 160 Å². The molecule has 2 aromatic rings. The number of nitrogens with one attached hydrogen (secondary N) is 1. The summed E-state index contributed by atoms with van der Waals surface area (Å²) >= 11 is 0. The number of benzene rings is 2. The lowest BCUT2D eigenvalue weighted by Crippen LogP contribution is -2.32. The minimum atomic E-state index is -0.539. The van der Waals surface area contributed by atoms with Gasteiger partial charge in [0, 0.05) is 12.3 Å². The summed E-state index contributed by atoms with van der Waals surface area (Å²) in [6.07, 6.45) is 2.38. The van der Waals surface area contributed by atoms with E-state index >= 15 is 0 Å². The summed E-state index contributed by atoms with van der Waals surface area (Å²) in [5.74, 6) is 1.30. The maximum Gasteiger partial charge on any atom is 0.265 e. The Morgan fingerprint density at radius 2 is 1.85 bits per heavy atom. The molecule has 1 amide bonds. The SMILES string of the molecule is CCC(Oc1ccc(C)cc1)C(=O)Nc1ccc(OCC2CCCO2)cc1. The van der Waals surface area contributed by atoms with Crippen LogP contribution in [0.25, 0.3) is 0 Å². The molecule has 5 nitrogen and oxygen atoms in total. The van der Waals surface area contributed by atoms with E-state index in [4.69, 9.17) is 14.2 Å². The quantitative estimate of drug-likeness (QED) is 0.752. The van der Waals surface area contributed by atoms with E-state index in [-0.39, 0.29) is 12.0 Å². The standard InChI is InChI=1S/C22H27NO4/c1-3-21(27-19-10-6-16(2)7-11-19)22(24)23-17-8-12-18(13-9-17)26-15-20-5-4-14-25-20/h6-13,20-21H,3-5,14-15H2,1-2H3,(H,23,24). The maximum absolute atomic E-state index is 12.5. The molecule has 0 bridgehead atoms. The van der Waals surface area contributed by atoms with Gasteiger partial charge in [-0.05, 0) is 62.6 Å². The van der Waals surface area contributed by atoms with Gasteiger partial charge in [-0.3, -0.25) is 4.79 Å². The lowest BCUT2D eigenvalue weighted by Gasteiger charge is -2.17. The lowest BCUT2D eigenvalue weighted by molar-refractivity contribution is -0.122. The number of carbonyl (C=O) groups excluding carboxylic acids is 1. The molecule has 5 heteroatoms. The second-order valence-electron chi connectivity index (χ2n) is 6.79. The average molecular weight is 369 g/mol. The van der Waals surface area contributed by atoms with Crippen LogP contribution in [0.4, 0.5) is 5.69 Å². The number of hydrogen-bond donors (Lipinski definition) is 1. The number of amides is 1. The van der Waals surface area contributed by atoms with E-state index in [9.17, 15) is 4.79 Å². The van der Waals surface area contributed by atoms with E-state index < -0.39 is 6.10 Å². The molecule has 1 N–H and O–H groups in total. The van der Waals surface area contributed by atoms with Crippen molar-refractivity contribution in [3.05, 3.63) is 54.1 Å². The minimum absolute atomic E-state index is 0.161. The van der Waals surface area contributed by atoms with Crippen molar-refractivity contribution in [3.8, 4) is 11.5 Å². The first-order valence-corrected chi connectivity index (χ1v) is 9.52. The third kappa shape index (κ3) is 5.73. The largest absolute Gasteiger partial charge is 0.491 e. The molecule has 1 saturated heterocycles. The Kier molecular flexibility index (Phi) is 6.71. The normalized spacial score (nSPS) is 17.3. The summed E-state index contributed by atoms with van der Waals surface area (Å²) in [6.45, 7) is 5.33. The highest BCUT2D eigenvalue weighted by molar-refractivity contribution is 5.94. The minimum Gasteiger partial charge on any atom is -0.491 e. The number of ether oxygens (including phenoxy) is 3. The van der Waals surface area contributed by atoms with Gasteiger partial charge in [0.2, 0.25) is 0 Å². The van der Waals surface area contributed by atoms with Crippen LogP contribution < -0.4 is 14.8 Å². The molecule has 0 aromatic heterocycles. The lowest BCUT2D eigenvalue weighted by atomic mass is 10.2. The molecular formula is C22H27NO4. The van der Waals surface area contributed by atoms with E-state index in [2.05, 4.69) is 5.32 Å². The number of carbonyl (C=O) groups is 1. The van der Waals surface area contributed by atoms with Crippen LogP contribution in [-0.2, 0) is 9.53 Å². The number of anilines is 1. The molecule has 1 aliphatic rings. The fourth-order valence-corrected chi connectivity index (χ4v) is 2.93. The van der Waals surface area contributed by atoms with Crippen LogP contribution in [0.3, 0.4) is 0 Å². The third-order valence-electron chi connectivity index (χ3n) is 4.54. The van der Waals surface area contributed by atoms with Crippen molar-refractivity contribution in [1.82, 2.24) is 0 Å². The Morgan fingerprint density at radius 3 is 2.48 bits per heavy atom. The summed E-state index contributed by atoms with van der Waals surface area (Å²) < 4.78 is 17.1. The summed E-state index contributed by atoms with van der Waals surface area (Å²) in [5.41, 5.74) is 1.87. The van der Waals surface area contributed by atoms with E-state index in [0.717, 1.165) is 36.4 Å². The van der Waals surface area contributed by atoms with Crippen LogP contribution >= 0.6 is 0 Å². The molecule has 2 aromatic carbocycles.